The van der Waals surface area contributed by atoms with E-state index in [1.165, 1.54) is 0 Å². The topological polar surface area (TPSA) is 64.8 Å². The zero-order chi connectivity index (χ0) is 13.3. The Balaban J connectivity index is 4.32. The van der Waals surface area contributed by atoms with Crippen molar-refractivity contribution in [2.75, 3.05) is 33.4 Å². The van der Waals surface area contributed by atoms with Gasteiger partial charge < -0.3 is 15.2 Å². The first-order chi connectivity index (χ1) is 8.02. The molecular weight excluding hydrogens is 240 g/mol. The smallest absolute Gasteiger partial charge is 0.323 e. The molecule has 0 aliphatic rings. The summed E-state index contributed by atoms with van der Waals surface area (Å²) in [5.41, 5.74) is 5.46. The van der Waals surface area contributed by atoms with Crippen LogP contribution >= 0.6 is 12.2 Å². The van der Waals surface area contributed by atoms with Crippen molar-refractivity contribution in [1.29, 1.82) is 0 Å². The number of nitrogens with zero attached hydrogens (tertiary/aromatic N) is 1. The fourth-order valence-electron chi connectivity index (χ4n) is 1.37. The van der Waals surface area contributed by atoms with E-state index < -0.39 is 0 Å². The molecule has 0 saturated heterocycles. The highest BCUT2D eigenvalue weighted by molar-refractivity contribution is 7.80. The quantitative estimate of drug-likeness (QED) is 0.484. The van der Waals surface area contributed by atoms with Crippen molar-refractivity contribution >= 4 is 23.2 Å². The second-order valence-electron chi connectivity index (χ2n) is 3.67. The minimum absolute atomic E-state index is 0.230. The number of carbonyl (C=O) groups excluding carboxylic acids is 1. The van der Waals surface area contributed by atoms with Crippen molar-refractivity contribution in [3.8, 4) is 0 Å². The van der Waals surface area contributed by atoms with Gasteiger partial charge >= 0.3 is 5.97 Å². The van der Waals surface area contributed by atoms with Gasteiger partial charge in [0.25, 0.3) is 0 Å². The van der Waals surface area contributed by atoms with Crippen molar-refractivity contribution in [2.24, 2.45) is 5.73 Å². The molecule has 0 rings (SSSR count). The molecule has 0 bridgehead atoms. The first kappa shape index (κ1) is 16.3. The standard InChI is InChI=1S/C11H22N2O3S/c1-4-16-11(14)9(2)13(7-8-15-3)6-5-10(12)17/h9H,4-8H2,1-3H3,(H2,12,17). The summed E-state index contributed by atoms with van der Waals surface area (Å²) in [6.07, 6.45) is 0.586. The molecule has 0 spiro atoms. The second kappa shape index (κ2) is 9.32. The first-order valence-corrected chi connectivity index (χ1v) is 6.11. The average molecular weight is 262 g/mol. The minimum atomic E-state index is -0.306. The van der Waals surface area contributed by atoms with Crippen molar-refractivity contribution in [2.45, 2.75) is 26.3 Å². The molecule has 17 heavy (non-hydrogen) atoms. The number of hydrogen-bond donors (Lipinski definition) is 1. The highest BCUT2D eigenvalue weighted by atomic mass is 32.1. The lowest BCUT2D eigenvalue weighted by molar-refractivity contribution is -0.149. The van der Waals surface area contributed by atoms with Gasteiger partial charge in [-0.3, -0.25) is 9.69 Å². The summed E-state index contributed by atoms with van der Waals surface area (Å²) in [5.74, 6) is -0.230. The molecule has 5 nitrogen and oxygen atoms in total. The summed E-state index contributed by atoms with van der Waals surface area (Å²) in [6, 6.07) is -0.306. The third kappa shape index (κ3) is 7.25. The van der Waals surface area contributed by atoms with Gasteiger partial charge in [0.05, 0.1) is 18.2 Å². The zero-order valence-corrected chi connectivity index (χ0v) is 11.6. The van der Waals surface area contributed by atoms with Gasteiger partial charge in [0.2, 0.25) is 0 Å². The number of carbonyl (C=O) groups is 1. The fourth-order valence-corrected chi connectivity index (χ4v) is 1.46. The van der Waals surface area contributed by atoms with Gasteiger partial charge in [0, 0.05) is 26.6 Å². The third-order valence-corrected chi connectivity index (χ3v) is 2.61. The predicted octanol–water partition coefficient (Wildman–Crippen LogP) is 0.563. The van der Waals surface area contributed by atoms with Crippen LogP contribution in [0, 0.1) is 0 Å². The third-order valence-electron chi connectivity index (χ3n) is 2.40. The monoisotopic (exact) mass is 262 g/mol. The van der Waals surface area contributed by atoms with Crippen molar-refractivity contribution in [3.05, 3.63) is 0 Å². The van der Waals surface area contributed by atoms with E-state index in [0.29, 0.717) is 37.7 Å². The lowest BCUT2D eigenvalue weighted by Gasteiger charge is -2.27. The Labute approximate surface area is 108 Å². The van der Waals surface area contributed by atoms with Crippen LogP contribution in [0.4, 0.5) is 0 Å². The predicted molar refractivity (Wildman–Crippen MR) is 70.9 cm³/mol. The van der Waals surface area contributed by atoms with Gasteiger partial charge in [-0.25, -0.2) is 0 Å². The first-order valence-electron chi connectivity index (χ1n) is 5.70. The number of esters is 1. The summed E-state index contributed by atoms with van der Waals surface area (Å²) in [5, 5.41) is 0. The Kier molecular flexibility index (Phi) is 8.93. The Morgan fingerprint density at radius 2 is 2.12 bits per heavy atom. The Morgan fingerprint density at radius 3 is 2.59 bits per heavy atom. The largest absolute Gasteiger partial charge is 0.465 e. The molecule has 0 amide bonds. The number of ether oxygens (including phenoxy) is 2. The maximum absolute atomic E-state index is 11.6. The molecule has 2 N–H and O–H groups in total. The van der Waals surface area contributed by atoms with Crippen LogP contribution in [-0.4, -0.2) is 55.3 Å². The van der Waals surface area contributed by atoms with E-state index in [1.54, 1.807) is 14.0 Å². The Hall–Kier alpha value is -0.720. The lowest BCUT2D eigenvalue weighted by Crippen LogP contribution is -2.43. The minimum Gasteiger partial charge on any atom is -0.465 e. The maximum atomic E-state index is 11.6. The van der Waals surface area contributed by atoms with Crippen LogP contribution in [0.15, 0.2) is 0 Å². The van der Waals surface area contributed by atoms with Gasteiger partial charge in [-0.15, -0.1) is 0 Å². The van der Waals surface area contributed by atoms with E-state index in [0.717, 1.165) is 0 Å². The van der Waals surface area contributed by atoms with E-state index >= 15 is 0 Å². The molecule has 0 aromatic rings. The maximum Gasteiger partial charge on any atom is 0.323 e. The van der Waals surface area contributed by atoms with Crippen molar-refractivity contribution in [3.63, 3.8) is 0 Å². The van der Waals surface area contributed by atoms with Crippen LogP contribution in [0.1, 0.15) is 20.3 Å². The van der Waals surface area contributed by atoms with E-state index in [2.05, 4.69) is 0 Å². The average Bonchev–Trinajstić information content (AvgIpc) is 2.28. The van der Waals surface area contributed by atoms with Gasteiger partial charge in [0.15, 0.2) is 0 Å². The van der Waals surface area contributed by atoms with Crippen LogP contribution in [0.2, 0.25) is 0 Å². The van der Waals surface area contributed by atoms with Crippen LogP contribution in [0.3, 0.4) is 0 Å². The van der Waals surface area contributed by atoms with Gasteiger partial charge in [0.1, 0.15) is 6.04 Å². The lowest BCUT2D eigenvalue weighted by atomic mass is 10.2. The Bertz CT molecular complexity index is 249. The zero-order valence-electron chi connectivity index (χ0n) is 10.8. The van der Waals surface area contributed by atoms with Crippen LogP contribution in [0.5, 0.6) is 0 Å². The molecule has 1 atom stereocenters. The highest BCUT2D eigenvalue weighted by Crippen LogP contribution is 2.03. The number of nitrogens with two attached hydrogens (primary N) is 1. The molecule has 100 valence electrons. The Morgan fingerprint density at radius 1 is 1.47 bits per heavy atom. The van der Waals surface area contributed by atoms with E-state index in [-0.39, 0.29) is 12.0 Å². The van der Waals surface area contributed by atoms with Crippen LogP contribution in [0.25, 0.3) is 0 Å². The molecule has 0 fully saturated rings. The number of hydrogen-bond acceptors (Lipinski definition) is 5. The van der Waals surface area contributed by atoms with Gasteiger partial charge in [-0.1, -0.05) is 12.2 Å². The van der Waals surface area contributed by atoms with E-state index in [9.17, 15) is 4.79 Å². The summed E-state index contributed by atoms with van der Waals surface area (Å²) in [4.78, 5) is 14.0. The highest BCUT2D eigenvalue weighted by Gasteiger charge is 2.21. The molecule has 1 unspecified atom stereocenters. The summed E-state index contributed by atoms with van der Waals surface area (Å²) in [7, 11) is 1.63. The molecule has 0 heterocycles. The second-order valence-corrected chi connectivity index (χ2v) is 4.20. The van der Waals surface area contributed by atoms with Crippen LogP contribution in [-0.2, 0) is 14.3 Å². The molecule has 0 aromatic carbocycles. The number of methoxy groups -OCH3 is 1. The van der Waals surface area contributed by atoms with E-state index in [4.69, 9.17) is 27.4 Å². The van der Waals surface area contributed by atoms with Gasteiger partial charge in [-0.05, 0) is 13.8 Å². The molecular formula is C11H22N2O3S. The normalized spacial score (nSPS) is 12.5. The fraction of sp³-hybridized carbons (Fsp3) is 0.818. The molecule has 6 heteroatoms. The molecule has 0 aliphatic heterocycles. The summed E-state index contributed by atoms with van der Waals surface area (Å²) >= 11 is 4.83. The van der Waals surface area contributed by atoms with Crippen molar-refractivity contribution < 1.29 is 14.3 Å². The summed E-state index contributed by atoms with van der Waals surface area (Å²) < 4.78 is 10.00. The molecule has 0 saturated carbocycles. The summed E-state index contributed by atoms with van der Waals surface area (Å²) in [6.45, 7) is 5.84. The number of rotatable bonds is 9. The van der Waals surface area contributed by atoms with Gasteiger partial charge in [-0.2, -0.15) is 0 Å². The van der Waals surface area contributed by atoms with E-state index in [1.807, 2.05) is 11.8 Å². The SMILES string of the molecule is CCOC(=O)C(C)N(CCOC)CCC(N)=S. The molecule has 0 aromatic heterocycles. The van der Waals surface area contributed by atoms with Crippen molar-refractivity contribution in [1.82, 2.24) is 4.90 Å². The number of thiocarbonyl (C=S) groups is 1. The molecule has 0 radical (unpaired) electrons. The molecule has 0 aliphatic carbocycles. The van der Waals surface area contributed by atoms with Crippen LogP contribution < -0.4 is 5.73 Å².